The lowest BCUT2D eigenvalue weighted by Crippen LogP contribution is -2.29. The Hall–Kier alpha value is -2.71. The molecule has 144 valence electrons. The third-order valence-electron chi connectivity index (χ3n) is 4.36. The number of aromatic nitrogens is 4. The van der Waals surface area contributed by atoms with Gasteiger partial charge in [-0.15, -0.1) is 10.2 Å². The van der Waals surface area contributed by atoms with Gasteiger partial charge in [-0.1, -0.05) is 23.8 Å². The molecule has 1 amide bonds. The summed E-state index contributed by atoms with van der Waals surface area (Å²) in [5.41, 5.74) is 1.04. The van der Waals surface area contributed by atoms with E-state index in [1.807, 2.05) is 0 Å². The van der Waals surface area contributed by atoms with Gasteiger partial charge in [0, 0.05) is 12.1 Å². The molecule has 1 aromatic heterocycles. The molecule has 1 aromatic carbocycles. The lowest BCUT2D eigenvalue weighted by molar-refractivity contribution is -0.137. The van der Waals surface area contributed by atoms with Crippen LogP contribution in [0.3, 0.4) is 0 Å². The molecule has 0 atom stereocenters. The number of carbonyl (C=O) groups excluding carboxylic acids is 1. The number of nitrogens with zero attached hydrogens (tertiary/aromatic N) is 4. The van der Waals surface area contributed by atoms with Crippen LogP contribution in [-0.2, 0) is 17.5 Å². The van der Waals surface area contributed by atoms with Crippen molar-refractivity contribution in [2.45, 2.75) is 44.8 Å². The van der Waals surface area contributed by atoms with E-state index in [0.29, 0.717) is 12.1 Å². The average Bonchev–Trinajstić information content (AvgIpc) is 3.10. The first kappa shape index (κ1) is 19.1. The fourth-order valence-corrected chi connectivity index (χ4v) is 2.91. The van der Waals surface area contributed by atoms with E-state index in [9.17, 15) is 18.0 Å². The van der Waals surface area contributed by atoms with Crippen LogP contribution in [0.15, 0.2) is 35.9 Å². The molecule has 0 saturated heterocycles. The highest BCUT2D eigenvalue weighted by Crippen LogP contribution is 2.30. The number of halogens is 3. The first-order valence-electron chi connectivity index (χ1n) is 8.82. The molecule has 0 radical (unpaired) electrons. The van der Waals surface area contributed by atoms with Gasteiger partial charge >= 0.3 is 6.18 Å². The number of allylic oxidation sites excluding steroid dienone is 1. The lowest BCUT2D eigenvalue weighted by atomic mass is 9.97. The van der Waals surface area contributed by atoms with Crippen molar-refractivity contribution in [3.63, 3.8) is 0 Å². The van der Waals surface area contributed by atoms with E-state index in [2.05, 4.69) is 26.8 Å². The lowest BCUT2D eigenvalue weighted by Gasteiger charge is -2.12. The quantitative estimate of drug-likeness (QED) is 0.781. The van der Waals surface area contributed by atoms with Gasteiger partial charge in [-0.05, 0) is 49.5 Å². The molecule has 2 aromatic rings. The summed E-state index contributed by atoms with van der Waals surface area (Å²) in [6.07, 6.45) is 3.33. The predicted octanol–water partition coefficient (Wildman–Crippen LogP) is 3.37. The van der Waals surface area contributed by atoms with Crippen LogP contribution in [-0.4, -0.2) is 32.7 Å². The van der Waals surface area contributed by atoms with Crippen LogP contribution in [0, 0.1) is 0 Å². The summed E-state index contributed by atoms with van der Waals surface area (Å²) in [6, 6.07) is 4.48. The minimum Gasteiger partial charge on any atom is -0.354 e. The van der Waals surface area contributed by atoms with Crippen LogP contribution in [0.4, 0.5) is 13.2 Å². The maximum Gasteiger partial charge on any atom is 0.416 e. The van der Waals surface area contributed by atoms with Crippen LogP contribution in [0.5, 0.6) is 0 Å². The van der Waals surface area contributed by atoms with Crippen molar-refractivity contribution in [2.24, 2.45) is 0 Å². The first-order chi connectivity index (χ1) is 12.9. The van der Waals surface area contributed by atoms with Gasteiger partial charge in [0.05, 0.1) is 5.56 Å². The molecule has 0 unspecified atom stereocenters. The Balaban J connectivity index is 1.51. The number of rotatable bonds is 6. The predicted molar refractivity (Wildman–Crippen MR) is 92.4 cm³/mol. The molecule has 0 fully saturated rings. The summed E-state index contributed by atoms with van der Waals surface area (Å²) in [4.78, 5) is 13.1. The van der Waals surface area contributed by atoms with Gasteiger partial charge in [-0.2, -0.15) is 18.0 Å². The topological polar surface area (TPSA) is 72.7 Å². The largest absolute Gasteiger partial charge is 0.416 e. The monoisotopic (exact) mass is 379 g/mol. The summed E-state index contributed by atoms with van der Waals surface area (Å²) in [5.74, 6) is -0.0633. The highest BCUT2D eigenvalue weighted by Gasteiger charge is 2.30. The van der Waals surface area contributed by atoms with E-state index < -0.39 is 11.7 Å². The number of nitrogens with one attached hydrogen (secondary N) is 1. The summed E-state index contributed by atoms with van der Waals surface area (Å²) in [6.45, 7) is 0.470. The zero-order valence-corrected chi connectivity index (χ0v) is 14.7. The fourth-order valence-electron chi connectivity index (χ4n) is 2.91. The zero-order chi connectivity index (χ0) is 19.3. The Morgan fingerprint density at radius 3 is 2.63 bits per heavy atom. The minimum absolute atomic E-state index is 0.0906. The highest BCUT2D eigenvalue weighted by atomic mass is 19.4. The van der Waals surface area contributed by atoms with Crippen LogP contribution in [0.2, 0.25) is 0 Å². The van der Waals surface area contributed by atoms with Gasteiger partial charge in [0.2, 0.25) is 11.7 Å². The Morgan fingerprint density at radius 1 is 1.19 bits per heavy atom. The van der Waals surface area contributed by atoms with Gasteiger partial charge in [0.25, 0.3) is 0 Å². The molecule has 0 bridgehead atoms. The van der Waals surface area contributed by atoms with E-state index in [1.165, 1.54) is 30.5 Å². The summed E-state index contributed by atoms with van der Waals surface area (Å²) < 4.78 is 37.8. The maximum atomic E-state index is 12.6. The minimum atomic E-state index is -4.39. The van der Waals surface area contributed by atoms with Crippen molar-refractivity contribution in [2.75, 3.05) is 6.54 Å². The van der Waals surface area contributed by atoms with Crippen molar-refractivity contribution >= 4 is 5.91 Å². The number of amides is 1. The SMILES string of the molecule is O=C(Cn1nnc(-c2ccc(C(F)(F)F)cc2)n1)NCCC1=CCCCC1. The van der Waals surface area contributed by atoms with Crippen molar-refractivity contribution < 1.29 is 18.0 Å². The third-order valence-corrected chi connectivity index (χ3v) is 4.36. The maximum absolute atomic E-state index is 12.6. The van der Waals surface area contributed by atoms with Gasteiger partial charge in [-0.3, -0.25) is 4.79 Å². The number of tetrazole rings is 1. The number of hydrogen-bond acceptors (Lipinski definition) is 4. The highest BCUT2D eigenvalue weighted by molar-refractivity contribution is 5.75. The normalized spacial score (nSPS) is 14.7. The van der Waals surface area contributed by atoms with E-state index >= 15 is 0 Å². The molecule has 9 heteroatoms. The Kier molecular flexibility index (Phi) is 5.88. The smallest absolute Gasteiger partial charge is 0.354 e. The Morgan fingerprint density at radius 2 is 1.96 bits per heavy atom. The molecule has 1 aliphatic carbocycles. The van der Waals surface area contributed by atoms with Gasteiger partial charge in [-0.25, -0.2) is 0 Å². The van der Waals surface area contributed by atoms with Crippen molar-refractivity contribution in [1.82, 2.24) is 25.5 Å². The number of hydrogen-bond donors (Lipinski definition) is 1. The molecule has 0 aliphatic heterocycles. The number of alkyl halides is 3. The van der Waals surface area contributed by atoms with Crippen molar-refractivity contribution in [3.8, 4) is 11.4 Å². The van der Waals surface area contributed by atoms with Gasteiger partial charge < -0.3 is 5.32 Å². The van der Waals surface area contributed by atoms with Crippen LogP contribution in [0.25, 0.3) is 11.4 Å². The molecule has 3 rings (SSSR count). The molecule has 0 saturated carbocycles. The van der Waals surface area contributed by atoms with Crippen LogP contribution in [0.1, 0.15) is 37.7 Å². The standard InChI is InChI=1S/C18H20F3N5O/c19-18(20,21)15-8-6-14(7-9-15)17-23-25-26(24-17)12-16(27)22-11-10-13-4-2-1-3-5-13/h4,6-9H,1-3,5,10-12H2,(H,22,27). The average molecular weight is 379 g/mol. The van der Waals surface area contributed by atoms with E-state index in [-0.39, 0.29) is 18.3 Å². The molecule has 27 heavy (non-hydrogen) atoms. The van der Waals surface area contributed by atoms with Gasteiger partial charge in [0.15, 0.2) is 0 Å². The summed E-state index contributed by atoms with van der Waals surface area (Å²) in [7, 11) is 0. The van der Waals surface area contributed by atoms with Crippen LogP contribution >= 0.6 is 0 Å². The van der Waals surface area contributed by atoms with E-state index in [4.69, 9.17) is 0 Å². The summed E-state index contributed by atoms with van der Waals surface area (Å²) in [5, 5.41) is 14.4. The third kappa shape index (κ3) is 5.38. The second-order valence-corrected chi connectivity index (χ2v) is 6.43. The van der Waals surface area contributed by atoms with Crippen molar-refractivity contribution in [3.05, 3.63) is 41.5 Å². The molecular formula is C18H20F3N5O. The fraction of sp³-hybridized carbons (Fsp3) is 0.444. The van der Waals surface area contributed by atoms with Crippen LogP contribution < -0.4 is 5.32 Å². The molecule has 1 heterocycles. The first-order valence-corrected chi connectivity index (χ1v) is 8.82. The van der Waals surface area contributed by atoms with E-state index in [0.717, 1.165) is 36.2 Å². The van der Waals surface area contributed by atoms with Gasteiger partial charge in [0.1, 0.15) is 6.54 Å². The Bertz CT molecular complexity index is 811. The molecule has 6 nitrogen and oxygen atoms in total. The van der Waals surface area contributed by atoms with Crippen molar-refractivity contribution in [1.29, 1.82) is 0 Å². The Labute approximate surface area is 154 Å². The second-order valence-electron chi connectivity index (χ2n) is 6.43. The van der Waals surface area contributed by atoms with E-state index in [1.54, 1.807) is 0 Å². The molecule has 0 spiro atoms. The molecule has 1 aliphatic rings. The molecular weight excluding hydrogens is 359 g/mol. The summed E-state index contributed by atoms with van der Waals surface area (Å²) >= 11 is 0. The number of carbonyl (C=O) groups is 1. The second kappa shape index (κ2) is 8.32. The zero-order valence-electron chi connectivity index (χ0n) is 14.7. The molecule has 1 N–H and O–H groups in total. The number of benzene rings is 1.